The largest absolute Gasteiger partial charge is 0.392 e. The molecule has 17 heavy (non-hydrogen) atoms. The average molecular weight is 264 g/mol. The number of likely N-dealkylation sites (N-methyl/N-ethyl adjacent to an activating group) is 1. The van der Waals surface area contributed by atoms with E-state index in [9.17, 15) is 13.5 Å². The monoisotopic (exact) mass is 264 g/mol. The number of piperidine rings is 1. The predicted molar refractivity (Wildman–Crippen MR) is 68.4 cm³/mol. The molecule has 0 amide bonds. The molecule has 102 valence electrons. The van der Waals surface area contributed by atoms with Crippen LogP contribution in [-0.2, 0) is 10.0 Å². The Hall–Kier alpha value is -0.170. The van der Waals surface area contributed by atoms with E-state index in [2.05, 4.69) is 4.90 Å². The van der Waals surface area contributed by atoms with Crippen molar-refractivity contribution in [1.82, 2.24) is 9.21 Å². The Morgan fingerprint density at radius 2 is 2.18 bits per heavy atom. The van der Waals surface area contributed by atoms with Gasteiger partial charge in [0.25, 0.3) is 0 Å². The van der Waals surface area contributed by atoms with E-state index >= 15 is 0 Å². The van der Waals surface area contributed by atoms with Crippen LogP contribution in [0.15, 0.2) is 0 Å². The van der Waals surface area contributed by atoms with Gasteiger partial charge in [0.1, 0.15) is 0 Å². The predicted octanol–water partition coefficient (Wildman–Crippen LogP) is 0.113. The molecule has 0 aromatic rings. The molecule has 1 aliphatic rings. The van der Waals surface area contributed by atoms with Gasteiger partial charge in [-0.05, 0) is 25.8 Å². The number of hydrogen-bond acceptors (Lipinski definition) is 4. The molecule has 0 aliphatic carbocycles. The van der Waals surface area contributed by atoms with Crippen LogP contribution in [0.1, 0.15) is 26.2 Å². The van der Waals surface area contributed by atoms with E-state index in [0.29, 0.717) is 6.54 Å². The maximum atomic E-state index is 11.5. The quantitative estimate of drug-likeness (QED) is 0.766. The van der Waals surface area contributed by atoms with Crippen molar-refractivity contribution in [2.45, 2.75) is 38.3 Å². The van der Waals surface area contributed by atoms with Gasteiger partial charge >= 0.3 is 0 Å². The van der Waals surface area contributed by atoms with Gasteiger partial charge in [0.2, 0.25) is 10.0 Å². The Morgan fingerprint density at radius 3 is 2.71 bits per heavy atom. The zero-order chi connectivity index (χ0) is 13.1. The van der Waals surface area contributed by atoms with Crippen LogP contribution in [0.25, 0.3) is 0 Å². The van der Waals surface area contributed by atoms with Crippen LogP contribution in [0, 0.1) is 0 Å². The summed E-state index contributed by atoms with van der Waals surface area (Å²) in [7, 11) is -1.48. The topological polar surface area (TPSA) is 60.9 Å². The van der Waals surface area contributed by atoms with Gasteiger partial charge in [-0.15, -0.1) is 0 Å². The van der Waals surface area contributed by atoms with Gasteiger partial charge in [0, 0.05) is 26.2 Å². The Morgan fingerprint density at radius 1 is 1.53 bits per heavy atom. The molecule has 1 aliphatic heterocycles. The van der Waals surface area contributed by atoms with E-state index in [1.54, 1.807) is 7.05 Å². The van der Waals surface area contributed by atoms with Gasteiger partial charge in [-0.1, -0.05) is 6.92 Å². The number of likely N-dealkylation sites (tertiary alicyclic amines) is 1. The first kappa shape index (κ1) is 14.9. The van der Waals surface area contributed by atoms with E-state index in [1.807, 2.05) is 6.92 Å². The minimum atomic E-state index is -3.12. The molecule has 0 bridgehead atoms. The lowest BCUT2D eigenvalue weighted by Gasteiger charge is -2.37. The summed E-state index contributed by atoms with van der Waals surface area (Å²) in [5, 5.41) is 9.62. The molecule has 5 nitrogen and oxygen atoms in total. The Labute approximate surface area is 104 Å². The van der Waals surface area contributed by atoms with Gasteiger partial charge in [-0.25, -0.2) is 12.7 Å². The summed E-state index contributed by atoms with van der Waals surface area (Å²) in [5.41, 5.74) is 0. The van der Waals surface area contributed by atoms with Crippen molar-refractivity contribution >= 4 is 10.0 Å². The molecule has 6 heteroatoms. The van der Waals surface area contributed by atoms with Gasteiger partial charge < -0.3 is 5.11 Å². The highest BCUT2D eigenvalue weighted by molar-refractivity contribution is 7.88. The second-order valence-corrected chi connectivity index (χ2v) is 6.94. The van der Waals surface area contributed by atoms with E-state index in [-0.39, 0.29) is 12.1 Å². The fourth-order valence-corrected chi connectivity index (χ4v) is 2.91. The molecule has 1 heterocycles. The van der Waals surface area contributed by atoms with E-state index < -0.39 is 10.0 Å². The number of aliphatic hydroxyl groups excluding tert-OH is 1. The van der Waals surface area contributed by atoms with Gasteiger partial charge in [0.15, 0.2) is 0 Å². The molecule has 0 radical (unpaired) electrons. The summed E-state index contributed by atoms with van der Waals surface area (Å²) in [6.07, 6.45) is 3.57. The Balaban J connectivity index is 2.55. The van der Waals surface area contributed by atoms with Crippen molar-refractivity contribution in [3.8, 4) is 0 Å². The highest BCUT2D eigenvalue weighted by Gasteiger charge is 2.28. The first-order valence-corrected chi connectivity index (χ1v) is 8.02. The summed E-state index contributed by atoms with van der Waals surface area (Å²) in [5.74, 6) is 0. The molecule has 1 fully saturated rings. The molecule has 2 atom stereocenters. The highest BCUT2D eigenvalue weighted by Crippen LogP contribution is 2.17. The zero-order valence-electron chi connectivity index (χ0n) is 11.0. The first-order chi connectivity index (χ1) is 7.84. The molecular weight excluding hydrogens is 240 g/mol. The SMILES string of the molecule is CC[C@@H](O)CN1CCC[C@@H](N(C)S(C)(=O)=O)C1. The lowest BCUT2D eigenvalue weighted by atomic mass is 10.1. The maximum absolute atomic E-state index is 11.5. The van der Waals surface area contributed by atoms with Gasteiger partial charge in [0.05, 0.1) is 12.4 Å². The molecule has 0 aromatic heterocycles. The van der Waals surface area contributed by atoms with Crippen LogP contribution in [-0.4, -0.2) is 67.8 Å². The van der Waals surface area contributed by atoms with Gasteiger partial charge in [-0.3, -0.25) is 4.90 Å². The number of rotatable bonds is 5. The van der Waals surface area contributed by atoms with Crippen LogP contribution in [0.3, 0.4) is 0 Å². The number of sulfonamides is 1. The molecule has 1 saturated heterocycles. The Bertz CT molecular complexity index is 332. The molecule has 1 N–H and O–H groups in total. The van der Waals surface area contributed by atoms with E-state index in [1.165, 1.54) is 10.6 Å². The van der Waals surface area contributed by atoms with Crippen LogP contribution >= 0.6 is 0 Å². The van der Waals surface area contributed by atoms with Crippen LogP contribution in [0.5, 0.6) is 0 Å². The number of nitrogens with zero attached hydrogens (tertiary/aromatic N) is 2. The standard InChI is InChI=1S/C11H24N2O3S/c1-4-11(14)9-13-7-5-6-10(8-13)12(2)17(3,15)16/h10-11,14H,4-9H2,1-3H3/t10-,11-/m1/s1. The van der Waals surface area contributed by atoms with E-state index in [0.717, 1.165) is 32.4 Å². The minimum absolute atomic E-state index is 0.0443. The summed E-state index contributed by atoms with van der Waals surface area (Å²) in [6.45, 7) is 4.27. The number of aliphatic hydroxyl groups is 1. The normalized spacial score (nSPS) is 25.1. The molecule has 0 spiro atoms. The lowest BCUT2D eigenvalue weighted by Crippen LogP contribution is -2.49. The molecule has 1 rings (SSSR count). The van der Waals surface area contributed by atoms with Crippen molar-refractivity contribution in [2.24, 2.45) is 0 Å². The number of β-amino-alcohol motifs (C(OH)–C–C–N with tert-alkyl or cyclic N) is 1. The summed E-state index contributed by atoms with van der Waals surface area (Å²) >= 11 is 0. The third-order valence-electron chi connectivity index (χ3n) is 3.46. The number of hydrogen-bond donors (Lipinski definition) is 1. The third kappa shape index (κ3) is 4.54. The summed E-state index contributed by atoms with van der Waals surface area (Å²) < 4.78 is 24.4. The average Bonchev–Trinajstić information content (AvgIpc) is 2.27. The summed E-state index contributed by atoms with van der Waals surface area (Å²) in [4.78, 5) is 2.16. The first-order valence-electron chi connectivity index (χ1n) is 6.18. The summed E-state index contributed by atoms with van der Waals surface area (Å²) in [6, 6.07) is 0.0443. The van der Waals surface area contributed by atoms with Crippen LogP contribution in [0.4, 0.5) is 0 Å². The fourth-order valence-electron chi connectivity index (χ4n) is 2.19. The van der Waals surface area contributed by atoms with Crippen molar-refractivity contribution in [2.75, 3.05) is 32.9 Å². The lowest BCUT2D eigenvalue weighted by molar-refractivity contribution is 0.0798. The van der Waals surface area contributed by atoms with Crippen LogP contribution in [0.2, 0.25) is 0 Å². The van der Waals surface area contributed by atoms with Crippen molar-refractivity contribution in [3.63, 3.8) is 0 Å². The molecular formula is C11H24N2O3S. The van der Waals surface area contributed by atoms with Crippen molar-refractivity contribution in [1.29, 1.82) is 0 Å². The van der Waals surface area contributed by atoms with Gasteiger partial charge in [-0.2, -0.15) is 0 Å². The van der Waals surface area contributed by atoms with Crippen molar-refractivity contribution in [3.05, 3.63) is 0 Å². The zero-order valence-corrected chi connectivity index (χ0v) is 11.8. The second-order valence-electron chi connectivity index (χ2n) is 4.90. The smallest absolute Gasteiger partial charge is 0.211 e. The van der Waals surface area contributed by atoms with Crippen molar-refractivity contribution < 1.29 is 13.5 Å². The minimum Gasteiger partial charge on any atom is -0.392 e. The Kier molecular flexibility index (Phi) is 5.37. The maximum Gasteiger partial charge on any atom is 0.211 e. The third-order valence-corrected chi connectivity index (χ3v) is 4.80. The molecule has 0 aromatic carbocycles. The molecule has 0 saturated carbocycles. The highest BCUT2D eigenvalue weighted by atomic mass is 32.2. The fraction of sp³-hybridized carbons (Fsp3) is 1.00. The molecule has 0 unspecified atom stereocenters. The van der Waals surface area contributed by atoms with E-state index in [4.69, 9.17) is 0 Å². The van der Waals surface area contributed by atoms with Crippen LogP contribution < -0.4 is 0 Å². The second kappa shape index (κ2) is 6.13.